The van der Waals surface area contributed by atoms with Crippen LogP contribution in [0.1, 0.15) is 25.2 Å². The highest BCUT2D eigenvalue weighted by Crippen LogP contribution is 2.36. The van der Waals surface area contributed by atoms with Crippen LogP contribution in [0.25, 0.3) is 10.9 Å². The number of esters is 1. The number of aromatic nitrogens is 2. The number of ether oxygens (including phenoxy) is 3. The molecular formula is C22H21Br2N3O5. The van der Waals surface area contributed by atoms with E-state index >= 15 is 0 Å². The molecule has 168 valence electrons. The van der Waals surface area contributed by atoms with Gasteiger partial charge in [-0.05, 0) is 58.7 Å². The maximum atomic E-state index is 13.0. The number of methoxy groups -OCH3 is 1. The van der Waals surface area contributed by atoms with E-state index in [1.807, 2.05) is 13.0 Å². The first-order valence-electron chi connectivity index (χ1n) is 9.79. The van der Waals surface area contributed by atoms with Crippen LogP contribution < -0.4 is 15.0 Å². The fraction of sp³-hybridized carbons (Fsp3) is 0.273. The van der Waals surface area contributed by atoms with Gasteiger partial charge in [0.1, 0.15) is 5.82 Å². The van der Waals surface area contributed by atoms with E-state index in [-0.39, 0.29) is 18.8 Å². The second-order valence-corrected chi connectivity index (χ2v) is 8.30. The Morgan fingerprint density at radius 2 is 2.00 bits per heavy atom. The minimum absolute atomic E-state index is 0.246. The van der Waals surface area contributed by atoms with Gasteiger partial charge in [-0.15, -0.1) is 0 Å². The summed E-state index contributed by atoms with van der Waals surface area (Å²) in [5.74, 6) is 0.825. The molecule has 0 saturated carbocycles. The molecule has 0 spiro atoms. The minimum Gasteiger partial charge on any atom is -0.493 e. The molecule has 32 heavy (non-hydrogen) atoms. The lowest BCUT2D eigenvalue weighted by Crippen LogP contribution is -2.22. The highest BCUT2D eigenvalue weighted by atomic mass is 79.9. The van der Waals surface area contributed by atoms with Crippen LogP contribution in [0.2, 0.25) is 0 Å². The predicted octanol–water partition coefficient (Wildman–Crippen LogP) is 4.32. The monoisotopic (exact) mass is 565 g/mol. The van der Waals surface area contributed by atoms with Gasteiger partial charge in [0, 0.05) is 10.9 Å². The first-order valence-corrected chi connectivity index (χ1v) is 11.4. The molecule has 1 aromatic heterocycles. The van der Waals surface area contributed by atoms with Gasteiger partial charge in [-0.2, -0.15) is 9.78 Å². The van der Waals surface area contributed by atoms with E-state index in [1.165, 1.54) is 18.0 Å². The number of benzene rings is 2. The summed E-state index contributed by atoms with van der Waals surface area (Å²) in [6.07, 6.45) is 2.07. The lowest BCUT2D eigenvalue weighted by atomic mass is 10.2. The van der Waals surface area contributed by atoms with Crippen molar-refractivity contribution in [2.75, 3.05) is 20.3 Å². The van der Waals surface area contributed by atoms with Crippen molar-refractivity contribution < 1.29 is 19.0 Å². The fourth-order valence-electron chi connectivity index (χ4n) is 2.96. The van der Waals surface area contributed by atoms with Gasteiger partial charge in [-0.3, -0.25) is 4.79 Å². The number of nitrogens with zero attached hydrogens (tertiary/aromatic N) is 3. The van der Waals surface area contributed by atoms with Crippen molar-refractivity contribution in [1.29, 1.82) is 0 Å². The highest BCUT2D eigenvalue weighted by Gasteiger charge is 2.14. The zero-order valence-corrected chi connectivity index (χ0v) is 20.9. The summed E-state index contributed by atoms with van der Waals surface area (Å²) in [4.78, 5) is 29.2. The Morgan fingerprint density at radius 1 is 1.22 bits per heavy atom. The summed E-state index contributed by atoms with van der Waals surface area (Å²) in [5.41, 5.74) is 1.01. The number of fused-ring (bicyclic) bond motifs is 1. The number of halogens is 2. The molecule has 2 aromatic carbocycles. The van der Waals surface area contributed by atoms with E-state index in [0.717, 1.165) is 4.47 Å². The van der Waals surface area contributed by atoms with Crippen molar-refractivity contribution in [3.8, 4) is 11.5 Å². The van der Waals surface area contributed by atoms with Gasteiger partial charge in [-0.25, -0.2) is 9.78 Å². The Labute approximate surface area is 201 Å². The number of aryl methyl sites for hydroxylation is 1. The van der Waals surface area contributed by atoms with Gasteiger partial charge in [0.15, 0.2) is 18.1 Å². The van der Waals surface area contributed by atoms with Crippen LogP contribution in [0.5, 0.6) is 11.5 Å². The van der Waals surface area contributed by atoms with Gasteiger partial charge in [0.25, 0.3) is 5.56 Å². The number of carbonyl (C=O) groups is 1. The highest BCUT2D eigenvalue weighted by molar-refractivity contribution is 9.10. The normalized spacial score (nSPS) is 11.2. The molecule has 0 fully saturated rings. The number of hydrogen-bond donors (Lipinski definition) is 0. The number of hydrogen-bond acceptors (Lipinski definition) is 7. The van der Waals surface area contributed by atoms with Crippen LogP contribution in [0.15, 0.2) is 49.2 Å². The van der Waals surface area contributed by atoms with Crippen molar-refractivity contribution in [2.45, 2.75) is 20.3 Å². The van der Waals surface area contributed by atoms with Crippen molar-refractivity contribution in [2.24, 2.45) is 5.10 Å². The molecule has 3 aromatic rings. The van der Waals surface area contributed by atoms with Crippen molar-refractivity contribution >= 4 is 54.9 Å². The molecule has 0 radical (unpaired) electrons. The van der Waals surface area contributed by atoms with Crippen LogP contribution in [-0.2, 0) is 16.0 Å². The van der Waals surface area contributed by atoms with E-state index < -0.39 is 5.97 Å². The smallest absolute Gasteiger partial charge is 0.344 e. The van der Waals surface area contributed by atoms with Gasteiger partial charge < -0.3 is 14.2 Å². The Morgan fingerprint density at radius 3 is 2.69 bits per heavy atom. The maximum absolute atomic E-state index is 13.0. The Balaban J connectivity index is 1.96. The minimum atomic E-state index is -0.478. The third-order valence-corrected chi connectivity index (χ3v) is 5.49. The standard InChI is InChI=1S/C22H21Br2N3O5/c1-4-19-26-17-7-6-14(23)10-15(17)22(29)27(19)25-11-13-8-16(24)21(18(9-13)30-3)32-12-20(28)31-5-2/h6-11H,4-5,12H2,1-3H3. The van der Waals surface area contributed by atoms with Crippen molar-refractivity contribution in [3.63, 3.8) is 0 Å². The molecule has 0 bridgehead atoms. The SMILES string of the molecule is CCOC(=O)COc1c(Br)cc(C=Nn2c(CC)nc3ccc(Br)cc3c2=O)cc1OC. The molecule has 0 atom stereocenters. The lowest BCUT2D eigenvalue weighted by Gasteiger charge is -2.13. The van der Waals surface area contributed by atoms with Gasteiger partial charge in [-0.1, -0.05) is 22.9 Å². The summed E-state index contributed by atoms with van der Waals surface area (Å²) in [6.45, 7) is 3.66. The molecule has 1 heterocycles. The summed E-state index contributed by atoms with van der Waals surface area (Å²) in [5, 5.41) is 4.85. The third-order valence-electron chi connectivity index (χ3n) is 4.41. The molecular weight excluding hydrogens is 546 g/mol. The second kappa shape index (κ2) is 10.7. The first kappa shape index (κ1) is 23.9. The third kappa shape index (κ3) is 5.36. The number of carbonyl (C=O) groups excluding carboxylic acids is 1. The summed E-state index contributed by atoms with van der Waals surface area (Å²) in [7, 11) is 1.49. The van der Waals surface area contributed by atoms with Crippen LogP contribution in [0, 0.1) is 0 Å². The van der Waals surface area contributed by atoms with Crippen LogP contribution in [0.3, 0.4) is 0 Å². The molecule has 0 aliphatic heterocycles. The largest absolute Gasteiger partial charge is 0.493 e. The molecule has 8 nitrogen and oxygen atoms in total. The lowest BCUT2D eigenvalue weighted by molar-refractivity contribution is -0.145. The summed E-state index contributed by atoms with van der Waals surface area (Å²) < 4.78 is 18.5. The zero-order valence-electron chi connectivity index (χ0n) is 17.7. The van der Waals surface area contributed by atoms with Crippen molar-refractivity contribution in [3.05, 3.63) is 61.0 Å². The second-order valence-electron chi connectivity index (χ2n) is 6.53. The fourth-order valence-corrected chi connectivity index (χ4v) is 3.89. The van der Waals surface area contributed by atoms with Crippen LogP contribution in [0.4, 0.5) is 0 Å². The van der Waals surface area contributed by atoms with E-state index in [4.69, 9.17) is 14.2 Å². The predicted molar refractivity (Wildman–Crippen MR) is 129 cm³/mol. The van der Waals surface area contributed by atoms with Gasteiger partial charge >= 0.3 is 5.97 Å². The Bertz CT molecular complexity index is 1240. The van der Waals surface area contributed by atoms with Crippen LogP contribution >= 0.6 is 31.9 Å². The summed E-state index contributed by atoms with van der Waals surface area (Å²) in [6, 6.07) is 8.80. The molecule has 0 aliphatic carbocycles. The number of rotatable bonds is 8. The first-order chi connectivity index (χ1) is 15.4. The molecule has 0 N–H and O–H groups in total. The summed E-state index contributed by atoms with van der Waals surface area (Å²) >= 11 is 6.82. The van der Waals surface area contributed by atoms with E-state index in [1.54, 1.807) is 31.2 Å². The molecule has 0 unspecified atom stereocenters. The van der Waals surface area contributed by atoms with Crippen LogP contribution in [-0.4, -0.2) is 42.2 Å². The van der Waals surface area contributed by atoms with Crippen molar-refractivity contribution in [1.82, 2.24) is 9.66 Å². The average Bonchev–Trinajstić information content (AvgIpc) is 2.77. The molecule has 0 amide bonds. The Hall–Kier alpha value is -2.72. The van der Waals surface area contributed by atoms with Gasteiger partial charge in [0.05, 0.1) is 35.3 Å². The molecule has 3 rings (SSSR count). The molecule has 0 saturated heterocycles. The molecule has 10 heteroatoms. The zero-order chi connectivity index (χ0) is 23.3. The van der Waals surface area contributed by atoms with E-state index in [2.05, 4.69) is 41.9 Å². The van der Waals surface area contributed by atoms with E-state index in [9.17, 15) is 9.59 Å². The molecule has 0 aliphatic rings. The Kier molecular flexibility index (Phi) is 8.03. The topological polar surface area (TPSA) is 92.0 Å². The van der Waals surface area contributed by atoms with E-state index in [0.29, 0.717) is 44.7 Å². The van der Waals surface area contributed by atoms with Gasteiger partial charge in [0.2, 0.25) is 0 Å². The average molecular weight is 567 g/mol. The maximum Gasteiger partial charge on any atom is 0.344 e. The quantitative estimate of drug-likeness (QED) is 0.298.